The first-order chi connectivity index (χ1) is 8.74. The lowest BCUT2D eigenvalue weighted by molar-refractivity contribution is 0.628. The monoisotopic (exact) mass is 239 g/mol. The van der Waals surface area contributed by atoms with Crippen molar-refractivity contribution in [3.63, 3.8) is 0 Å². The zero-order valence-electron chi connectivity index (χ0n) is 10.3. The van der Waals surface area contributed by atoms with E-state index in [0.717, 1.165) is 24.0 Å². The second-order valence-corrected chi connectivity index (χ2v) is 4.25. The minimum atomic E-state index is -0.203. The number of hydrogen-bond donors (Lipinski definition) is 0. The van der Waals surface area contributed by atoms with Crippen molar-refractivity contribution in [3.05, 3.63) is 59.4 Å². The smallest absolute Gasteiger partial charge is 0.131 e. The first-order valence-electron chi connectivity index (χ1n) is 6.03. The number of nitriles is 1. The largest absolute Gasteiger partial charge is 0.206 e. The van der Waals surface area contributed by atoms with Crippen LogP contribution >= 0.6 is 0 Å². The van der Waals surface area contributed by atoms with Gasteiger partial charge in [-0.25, -0.2) is 4.39 Å². The molecule has 0 bridgehead atoms. The third-order valence-corrected chi connectivity index (χ3v) is 2.90. The molecular weight excluding hydrogens is 225 g/mol. The Morgan fingerprint density at radius 1 is 1.11 bits per heavy atom. The van der Waals surface area contributed by atoms with Gasteiger partial charge >= 0.3 is 0 Å². The maximum absolute atomic E-state index is 14.0. The normalized spacial score (nSPS) is 10.1. The summed E-state index contributed by atoms with van der Waals surface area (Å²) in [6, 6.07) is 14.4. The standard InChI is InChI=1S/C16H14FN/c1-2-3-12-6-9-15(16(17)10-12)14-7-4-13(11-18)5-8-14/h4-10H,2-3H2,1H3. The van der Waals surface area contributed by atoms with Crippen molar-refractivity contribution in [2.75, 3.05) is 0 Å². The molecule has 0 N–H and O–H groups in total. The molecule has 0 unspecified atom stereocenters. The van der Waals surface area contributed by atoms with Crippen molar-refractivity contribution >= 4 is 0 Å². The van der Waals surface area contributed by atoms with E-state index in [1.807, 2.05) is 12.1 Å². The van der Waals surface area contributed by atoms with Crippen LogP contribution in [0.3, 0.4) is 0 Å². The molecular formula is C16H14FN. The van der Waals surface area contributed by atoms with Gasteiger partial charge in [0.15, 0.2) is 0 Å². The van der Waals surface area contributed by atoms with Crippen LogP contribution in [0.4, 0.5) is 4.39 Å². The number of aryl methyl sites for hydroxylation is 1. The average molecular weight is 239 g/mol. The second-order valence-electron chi connectivity index (χ2n) is 4.25. The SMILES string of the molecule is CCCc1ccc(-c2ccc(C#N)cc2)c(F)c1. The number of hydrogen-bond acceptors (Lipinski definition) is 1. The van der Waals surface area contributed by atoms with Gasteiger partial charge in [-0.3, -0.25) is 0 Å². The highest BCUT2D eigenvalue weighted by molar-refractivity contribution is 5.65. The van der Waals surface area contributed by atoms with Crippen LogP contribution < -0.4 is 0 Å². The van der Waals surface area contributed by atoms with E-state index in [0.29, 0.717) is 11.1 Å². The molecule has 0 aliphatic rings. The molecule has 0 amide bonds. The van der Waals surface area contributed by atoms with Gasteiger partial charge in [0.25, 0.3) is 0 Å². The van der Waals surface area contributed by atoms with Crippen molar-refractivity contribution in [1.82, 2.24) is 0 Å². The highest BCUT2D eigenvalue weighted by Gasteiger charge is 2.06. The highest BCUT2D eigenvalue weighted by atomic mass is 19.1. The summed E-state index contributed by atoms with van der Waals surface area (Å²) in [6.45, 7) is 2.08. The molecule has 0 atom stereocenters. The summed E-state index contributed by atoms with van der Waals surface area (Å²) >= 11 is 0. The van der Waals surface area contributed by atoms with Crippen molar-refractivity contribution in [1.29, 1.82) is 5.26 Å². The Hall–Kier alpha value is -2.14. The van der Waals surface area contributed by atoms with Gasteiger partial charge in [-0.2, -0.15) is 5.26 Å². The topological polar surface area (TPSA) is 23.8 Å². The van der Waals surface area contributed by atoms with Gasteiger partial charge in [0.2, 0.25) is 0 Å². The molecule has 0 aromatic heterocycles. The van der Waals surface area contributed by atoms with Gasteiger partial charge < -0.3 is 0 Å². The van der Waals surface area contributed by atoms with Gasteiger partial charge in [0.1, 0.15) is 5.82 Å². The summed E-state index contributed by atoms with van der Waals surface area (Å²) in [5, 5.41) is 8.73. The van der Waals surface area contributed by atoms with Gasteiger partial charge in [-0.1, -0.05) is 37.6 Å². The number of nitrogens with zero attached hydrogens (tertiary/aromatic N) is 1. The highest BCUT2D eigenvalue weighted by Crippen LogP contribution is 2.24. The predicted octanol–water partition coefficient (Wildman–Crippen LogP) is 4.32. The summed E-state index contributed by atoms with van der Waals surface area (Å²) in [7, 11) is 0. The Morgan fingerprint density at radius 2 is 1.83 bits per heavy atom. The van der Waals surface area contributed by atoms with E-state index in [2.05, 4.69) is 13.0 Å². The number of halogens is 1. The average Bonchev–Trinajstić information content (AvgIpc) is 2.40. The summed E-state index contributed by atoms with van der Waals surface area (Å²) < 4.78 is 14.0. The van der Waals surface area contributed by atoms with Crippen LogP contribution in [-0.2, 0) is 6.42 Å². The van der Waals surface area contributed by atoms with E-state index < -0.39 is 0 Å². The van der Waals surface area contributed by atoms with E-state index in [9.17, 15) is 4.39 Å². The zero-order chi connectivity index (χ0) is 13.0. The third-order valence-electron chi connectivity index (χ3n) is 2.90. The fraction of sp³-hybridized carbons (Fsp3) is 0.188. The molecule has 0 radical (unpaired) electrons. The zero-order valence-corrected chi connectivity index (χ0v) is 10.3. The minimum absolute atomic E-state index is 0.203. The van der Waals surface area contributed by atoms with Gasteiger partial charge in [0, 0.05) is 5.56 Å². The van der Waals surface area contributed by atoms with Crippen LogP contribution in [0.1, 0.15) is 24.5 Å². The molecule has 0 aliphatic carbocycles. The quantitative estimate of drug-likeness (QED) is 0.782. The van der Waals surface area contributed by atoms with Crippen LogP contribution in [0.15, 0.2) is 42.5 Å². The van der Waals surface area contributed by atoms with Crippen molar-refractivity contribution in [3.8, 4) is 17.2 Å². The molecule has 18 heavy (non-hydrogen) atoms. The summed E-state index contributed by atoms with van der Waals surface area (Å²) in [5.41, 5.74) is 2.99. The lowest BCUT2D eigenvalue weighted by Crippen LogP contribution is -1.89. The van der Waals surface area contributed by atoms with Crippen molar-refractivity contribution in [2.45, 2.75) is 19.8 Å². The molecule has 0 saturated carbocycles. The molecule has 1 nitrogen and oxygen atoms in total. The summed E-state index contributed by atoms with van der Waals surface area (Å²) in [4.78, 5) is 0. The van der Waals surface area contributed by atoms with E-state index in [1.165, 1.54) is 0 Å². The molecule has 0 heterocycles. The van der Waals surface area contributed by atoms with Crippen LogP contribution in [0.25, 0.3) is 11.1 Å². The molecule has 2 heteroatoms. The molecule has 2 aromatic carbocycles. The molecule has 2 aromatic rings. The third kappa shape index (κ3) is 2.57. The van der Waals surface area contributed by atoms with E-state index >= 15 is 0 Å². The van der Waals surface area contributed by atoms with Crippen LogP contribution in [0.2, 0.25) is 0 Å². The fourth-order valence-corrected chi connectivity index (χ4v) is 1.96. The predicted molar refractivity (Wildman–Crippen MR) is 70.5 cm³/mol. The van der Waals surface area contributed by atoms with Crippen LogP contribution in [0, 0.1) is 17.1 Å². The minimum Gasteiger partial charge on any atom is -0.206 e. The molecule has 0 saturated heterocycles. The second kappa shape index (κ2) is 5.46. The molecule has 2 rings (SSSR count). The van der Waals surface area contributed by atoms with Crippen molar-refractivity contribution in [2.24, 2.45) is 0 Å². The molecule has 0 aliphatic heterocycles. The van der Waals surface area contributed by atoms with E-state index in [-0.39, 0.29) is 5.82 Å². The van der Waals surface area contributed by atoms with Gasteiger partial charge in [-0.15, -0.1) is 0 Å². The Morgan fingerprint density at radius 3 is 2.39 bits per heavy atom. The maximum Gasteiger partial charge on any atom is 0.131 e. The Balaban J connectivity index is 2.35. The first kappa shape index (κ1) is 12.3. The van der Waals surface area contributed by atoms with Crippen LogP contribution in [-0.4, -0.2) is 0 Å². The lowest BCUT2D eigenvalue weighted by Gasteiger charge is -2.06. The van der Waals surface area contributed by atoms with Gasteiger partial charge in [-0.05, 0) is 35.7 Å². The lowest BCUT2D eigenvalue weighted by atomic mass is 10.0. The van der Waals surface area contributed by atoms with Gasteiger partial charge in [0.05, 0.1) is 11.6 Å². The number of benzene rings is 2. The van der Waals surface area contributed by atoms with Crippen LogP contribution in [0.5, 0.6) is 0 Å². The Bertz CT molecular complexity index is 579. The summed E-state index contributed by atoms with van der Waals surface area (Å²) in [6.07, 6.45) is 1.90. The van der Waals surface area contributed by atoms with Crippen molar-refractivity contribution < 1.29 is 4.39 Å². The van der Waals surface area contributed by atoms with E-state index in [1.54, 1.807) is 30.3 Å². The molecule has 0 spiro atoms. The van der Waals surface area contributed by atoms with E-state index in [4.69, 9.17) is 5.26 Å². The summed E-state index contributed by atoms with van der Waals surface area (Å²) in [5.74, 6) is -0.203. The maximum atomic E-state index is 14.0. The Labute approximate surface area is 107 Å². The first-order valence-corrected chi connectivity index (χ1v) is 6.03. The molecule has 0 fully saturated rings. The Kier molecular flexibility index (Phi) is 3.74. The molecule has 90 valence electrons. The number of rotatable bonds is 3. The fourth-order valence-electron chi connectivity index (χ4n) is 1.96.